The van der Waals surface area contributed by atoms with Crippen LogP contribution in [0, 0.1) is 16.7 Å². The molecule has 1 rings (SSSR count). The van der Waals surface area contributed by atoms with Crippen LogP contribution in [0.3, 0.4) is 0 Å². The Morgan fingerprint density at radius 1 is 1.47 bits per heavy atom. The summed E-state index contributed by atoms with van der Waals surface area (Å²) in [6, 6.07) is 2.37. The van der Waals surface area contributed by atoms with E-state index in [1.54, 1.807) is 0 Å². The topological polar surface area (TPSA) is 27.0 Å². The lowest BCUT2D eigenvalue weighted by Crippen LogP contribution is -2.44. The molecule has 15 heavy (non-hydrogen) atoms. The molecule has 0 amide bonds. The Morgan fingerprint density at radius 2 is 2.13 bits per heavy atom. The van der Waals surface area contributed by atoms with Gasteiger partial charge >= 0.3 is 0 Å². The van der Waals surface area contributed by atoms with Gasteiger partial charge < -0.3 is 4.90 Å². The molecule has 0 bridgehead atoms. The van der Waals surface area contributed by atoms with Crippen molar-refractivity contribution >= 4 is 11.8 Å². The molecule has 0 aromatic carbocycles. The highest BCUT2D eigenvalue weighted by Gasteiger charge is 2.28. The molecule has 0 radical (unpaired) electrons. The Labute approximate surface area is 98.0 Å². The van der Waals surface area contributed by atoms with Crippen LogP contribution in [0.1, 0.15) is 34.1 Å². The predicted molar refractivity (Wildman–Crippen MR) is 67.0 cm³/mol. The van der Waals surface area contributed by atoms with Crippen LogP contribution in [0.25, 0.3) is 0 Å². The lowest BCUT2D eigenvalue weighted by molar-refractivity contribution is 0.232. The molecule has 0 aliphatic carbocycles. The highest BCUT2D eigenvalue weighted by atomic mass is 32.2. The van der Waals surface area contributed by atoms with Gasteiger partial charge in [-0.15, -0.1) is 0 Å². The van der Waals surface area contributed by atoms with E-state index in [-0.39, 0.29) is 5.41 Å². The molecule has 1 heterocycles. The lowest BCUT2D eigenvalue weighted by Gasteiger charge is -2.38. The highest BCUT2D eigenvalue weighted by molar-refractivity contribution is 8.00. The van der Waals surface area contributed by atoms with E-state index in [1.807, 2.05) is 13.8 Å². The van der Waals surface area contributed by atoms with Gasteiger partial charge in [-0.25, -0.2) is 0 Å². The van der Waals surface area contributed by atoms with Crippen LogP contribution >= 0.6 is 11.8 Å². The van der Waals surface area contributed by atoms with E-state index in [1.165, 1.54) is 12.3 Å². The Balaban J connectivity index is 2.37. The van der Waals surface area contributed by atoms with Crippen molar-refractivity contribution in [3.05, 3.63) is 0 Å². The normalized spacial score (nSPS) is 22.3. The average Bonchev–Trinajstić information content (AvgIpc) is 2.14. The third-order valence-electron chi connectivity index (χ3n) is 2.86. The lowest BCUT2D eigenvalue weighted by atomic mass is 9.91. The first-order chi connectivity index (χ1) is 6.85. The zero-order valence-corrected chi connectivity index (χ0v) is 11.2. The molecule has 3 heteroatoms. The Kier molecular flexibility index (Phi) is 4.08. The smallest absolute Gasteiger partial charge is 0.0684 e. The van der Waals surface area contributed by atoms with Crippen LogP contribution in [0.2, 0.25) is 0 Å². The van der Waals surface area contributed by atoms with E-state index in [0.29, 0.717) is 4.75 Å². The van der Waals surface area contributed by atoms with Crippen molar-refractivity contribution in [2.75, 3.05) is 25.4 Å². The summed E-state index contributed by atoms with van der Waals surface area (Å²) in [6.45, 7) is 12.0. The SMILES string of the molecule is CC(C)(C#N)CCN1CCSC(C)(C)C1. The maximum atomic E-state index is 8.95. The number of hydrogen-bond donors (Lipinski definition) is 0. The van der Waals surface area contributed by atoms with Gasteiger partial charge in [-0.05, 0) is 40.7 Å². The molecule has 0 aromatic heterocycles. The maximum absolute atomic E-state index is 8.95. The van der Waals surface area contributed by atoms with Gasteiger partial charge in [0.05, 0.1) is 11.5 Å². The van der Waals surface area contributed by atoms with Crippen molar-refractivity contribution in [3.8, 4) is 6.07 Å². The minimum absolute atomic E-state index is 0.172. The molecule has 0 saturated carbocycles. The standard InChI is InChI=1S/C12H22N2S/c1-11(2,9-13)5-6-14-7-8-15-12(3,4)10-14/h5-8,10H2,1-4H3. The molecule has 0 spiro atoms. The highest BCUT2D eigenvalue weighted by Crippen LogP contribution is 2.30. The zero-order valence-electron chi connectivity index (χ0n) is 10.3. The number of hydrogen-bond acceptors (Lipinski definition) is 3. The van der Waals surface area contributed by atoms with Crippen LogP contribution in [-0.4, -0.2) is 35.0 Å². The number of nitriles is 1. The van der Waals surface area contributed by atoms with E-state index in [2.05, 4.69) is 36.6 Å². The minimum atomic E-state index is -0.172. The third kappa shape index (κ3) is 4.44. The van der Waals surface area contributed by atoms with Gasteiger partial charge in [0.15, 0.2) is 0 Å². The van der Waals surface area contributed by atoms with Crippen LogP contribution in [0.4, 0.5) is 0 Å². The summed E-state index contributed by atoms with van der Waals surface area (Å²) in [7, 11) is 0. The van der Waals surface area contributed by atoms with E-state index >= 15 is 0 Å². The van der Waals surface area contributed by atoms with Crippen molar-refractivity contribution in [3.63, 3.8) is 0 Å². The number of thioether (sulfide) groups is 1. The number of rotatable bonds is 3. The Morgan fingerprint density at radius 3 is 2.67 bits per heavy atom. The van der Waals surface area contributed by atoms with Crippen molar-refractivity contribution in [1.82, 2.24) is 4.90 Å². The summed E-state index contributed by atoms with van der Waals surface area (Å²) < 4.78 is 0.384. The van der Waals surface area contributed by atoms with Gasteiger partial charge in [0.2, 0.25) is 0 Å². The quantitative estimate of drug-likeness (QED) is 0.740. The fourth-order valence-corrected chi connectivity index (χ4v) is 2.97. The first kappa shape index (κ1) is 12.9. The van der Waals surface area contributed by atoms with Gasteiger partial charge in [-0.2, -0.15) is 17.0 Å². The monoisotopic (exact) mass is 226 g/mol. The summed E-state index contributed by atoms with van der Waals surface area (Å²) >= 11 is 2.06. The largest absolute Gasteiger partial charge is 0.301 e. The van der Waals surface area contributed by atoms with Crippen LogP contribution in [0.5, 0.6) is 0 Å². The first-order valence-corrected chi connectivity index (χ1v) is 6.61. The van der Waals surface area contributed by atoms with E-state index < -0.39 is 0 Å². The second-order valence-corrected chi connectivity index (χ2v) is 7.43. The van der Waals surface area contributed by atoms with Crippen LogP contribution < -0.4 is 0 Å². The number of nitrogens with zero attached hydrogens (tertiary/aromatic N) is 2. The first-order valence-electron chi connectivity index (χ1n) is 5.62. The average molecular weight is 226 g/mol. The van der Waals surface area contributed by atoms with E-state index in [9.17, 15) is 0 Å². The van der Waals surface area contributed by atoms with Gasteiger partial charge in [-0.1, -0.05) is 0 Å². The fraction of sp³-hybridized carbons (Fsp3) is 0.917. The second kappa shape index (κ2) is 4.76. The molecule has 0 atom stereocenters. The van der Waals surface area contributed by atoms with Crippen molar-refractivity contribution in [2.24, 2.45) is 5.41 Å². The molecule has 0 unspecified atom stereocenters. The summed E-state index contributed by atoms with van der Waals surface area (Å²) in [5.74, 6) is 1.22. The Hall–Kier alpha value is -0.200. The summed E-state index contributed by atoms with van der Waals surface area (Å²) in [4.78, 5) is 2.50. The summed E-state index contributed by atoms with van der Waals surface area (Å²) in [5, 5.41) is 8.95. The van der Waals surface area contributed by atoms with Crippen LogP contribution in [0.15, 0.2) is 0 Å². The molecular formula is C12H22N2S. The van der Waals surface area contributed by atoms with Gasteiger partial charge in [-0.3, -0.25) is 0 Å². The molecule has 0 N–H and O–H groups in total. The summed E-state index contributed by atoms with van der Waals surface area (Å²) in [5.41, 5.74) is -0.172. The molecule has 2 nitrogen and oxygen atoms in total. The zero-order chi connectivity index (χ0) is 11.5. The molecule has 1 aliphatic rings. The molecule has 0 aromatic rings. The molecular weight excluding hydrogens is 204 g/mol. The summed E-state index contributed by atoms with van der Waals surface area (Å²) in [6.07, 6.45) is 0.976. The predicted octanol–water partition coefficient (Wildman–Crippen LogP) is 2.75. The third-order valence-corrected chi connectivity index (χ3v) is 4.16. The molecule has 1 saturated heterocycles. The van der Waals surface area contributed by atoms with Gasteiger partial charge in [0.1, 0.15) is 0 Å². The second-order valence-electron chi connectivity index (χ2n) is 5.63. The molecule has 1 aliphatic heterocycles. The molecule has 86 valence electrons. The Bertz CT molecular complexity index is 253. The van der Waals surface area contributed by atoms with Crippen molar-refractivity contribution in [1.29, 1.82) is 5.26 Å². The minimum Gasteiger partial charge on any atom is -0.301 e. The van der Waals surface area contributed by atoms with E-state index in [4.69, 9.17) is 5.26 Å². The fourth-order valence-electron chi connectivity index (χ4n) is 1.80. The van der Waals surface area contributed by atoms with Gasteiger partial charge in [0.25, 0.3) is 0 Å². The van der Waals surface area contributed by atoms with Crippen molar-refractivity contribution in [2.45, 2.75) is 38.9 Å². The van der Waals surface area contributed by atoms with Crippen LogP contribution in [-0.2, 0) is 0 Å². The maximum Gasteiger partial charge on any atom is 0.0684 e. The van der Waals surface area contributed by atoms with Crippen molar-refractivity contribution < 1.29 is 0 Å². The van der Waals surface area contributed by atoms with Gasteiger partial charge in [0, 0.05) is 23.6 Å². The molecule has 1 fully saturated rings. The van der Waals surface area contributed by atoms with E-state index in [0.717, 1.165) is 19.5 Å².